The summed E-state index contributed by atoms with van der Waals surface area (Å²) in [6, 6.07) is 6.25. The number of carbonyl (C=O) groups excluding carboxylic acids is 2. The van der Waals surface area contributed by atoms with Gasteiger partial charge in [-0.05, 0) is 25.0 Å². The van der Waals surface area contributed by atoms with E-state index < -0.39 is 17.9 Å². The standard InChI is InChI=1S/C17H19NO4S2/c1-4-22-12-8-6-5-7-11(12)9-13-15(19)18(17(23)24-13)14(10(2)3)16(20)21/h5-10,14H,4H2,1-3H3,(H,20,21)/p-1/b13-9+/t14-/m0/s1. The average Bonchev–Trinajstić information content (AvgIpc) is 2.77. The van der Waals surface area contributed by atoms with Crippen LogP contribution in [0.5, 0.6) is 5.75 Å². The summed E-state index contributed by atoms with van der Waals surface area (Å²) in [5.74, 6) is -1.38. The van der Waals surface area contributed by atoms with Crippen molar-refractivity contribution in [3.63, 3.8) is 0 Å². The van der Waals surface area contributed by atoms with Crippen LogP contribution in [0.15, 0.2) is 29.2 Å². The fraction of sp³-hybridized carbons (Fsp3) is 0.353. The number of benzene rings is 1. The molecule has 0 bridgehead atoms. The van der Waals surface area contributed by atoms with E-state index in [2.05, 4.69) is 0 Å². The molecule has 7 heteroatoms. The van der Waals surface area contributed by atoms with Crippen molar-refractivity contribution in [1.82, 2.24) is 4.90 Å². The van der Waals surface area contributed by atoms with Crippen molar-refractivity contribution in [2.24, 2.45) is 5.92 Å². The summed E-state index contributed by atoms with van der Waals surface area (Å²) < 4.78 is 5.77. The highest BCUT2D eigenvalue weighted by Crippen LogP contribution is 2.36. The molecule has 1 aliphatic rings. The van der Waals surface area contributed by atoms with E-state index in [1.54, 1.807) is 19.9 Å². The van der Waals surface area contributed by atoms with Crippen LogP contribution in [0.25, 0.3) is 6.08 Å². The molecule has 0 N–H and O–H groups in total. The number of aliphatic carboxylic acids is 1. The molecular weight excluding hydrogens is 346 g/mol. The van der Waals surface area contributed by atoms with Gasteiger partial charge < -0.3 is 14.6 Å². The lowest BCUT2D eigenvalue weighted by Crippen LogP contribution is -2.52. The Kier molecular flexibility index (Phi) is 6.01. The van der Waals surface area contributed by atoms with Gasteiger partial charge in [0.15, 0.2) is 0 Å². The molecular formula is C17H18NO4S2-. The monoisotopic (exact) mass is 364 g/mol. The fourth-order valence-electron chi connectivity index (χ4n) is 2.42. The molecule has 0 saturated carbocycles. The van der Waals surface area contributed by atoms with Crippen LogP contribution in [-0.4, -0.2) is 33.7 Å². The van der Waals surface area contributed by atoms with Crippen molar-refractivity contribution >= 4 is 46.3 Å². The Balaban J connectivity index is 2.36. The Hall–Kier alpha value is -1.86. The molecule has 1 amide bonds. The average molecular weight is 364 g/mol. The van der Waals surface area contributed by atoms with E-state index in [0.29, 0.717) is 17.3 Å². The minimum Gasteiger partial charge on any atom is -0.548 e. The number of thioether (sulfide) groups is 1. The van der Waals surface area contributed by atoms with Crippen LogP contribution in [0.1, 0.15) is 26.3 Å². The molecule has 1 aliphatic heterocycles. The number of ether oxygens (including phenoxy) is 1. The summed E-state index contributed by atoms with van der Waals surface area (Å²) >= 11 is 6.30. The molecule has 24 heavy (non-hydrogen) atoms. The van der Waals surface area contributed by atoms with Crippen LogP contribution in [0.3, 0.4) is 0 Å². The molecule has 1 aromatic carbocycles. The lowest BCUT2D eigenvalue weighted by molar-refractivity contribution is -0.311. The molecule has 1 heterocycles. The molecule has 1 saturated heterocycles. The second-order valence-corrected chi connectivity index (χ2v) is 7.21. The van der Waals surface area contributed by atoms with Gasteiger partial charge in [-0.1, -0.05) is 56.0 Å². The minimum absolute atomic E-state index is 0.225. The SMILES string of the molecule is CCOc1ccccc1/C=C1/SC(=S)N([C@H](C(=O)[O-])C(C)C)C1=O. The first-order valence-electron chi connectivity index (χ1n) is 7.56. The van der Waals surface area contributed by atoms with Crippen molar-refractivity contribution in [3.8, 4) is 5.75 Å². The number of carboxylic acid groups (broad SMARTS) is 1. The van der Waals surface area contributed by atoms with Gasteiger partial charge in [-0.15, -0.1) is 0 Å². The van der Waals surface area contributed by atoms with E-state index in [1.807, 2.05) is 31.2 Å². The molecule has 0 radical (unpaired) electrons. The van der Waals surface area contributed by atoms with Crippen LogP contribution < -0.4 is 9.84 Å². The Labute approximate surface area is 150 Å². The van der Waals surface area contributed by atoms with Crippen LogP contribution in [0, 0.1) is 5.92 Å². The molecule has 5 nitrogen and oxygen atoms in total. The van der Waals surface area contributed by atoms with E-state index in [-0.39, 0.29) is 10.2 Å². The maximum atomic E-state index is 12.7. The highest BCUT2D eigenvalue weighted by Gasteiger charge is 2.39. The third-order valence-electron chi connectivity index (χ3n) is 3.48. The van der Waals surface area contributed by atoms with E-state index in [0.717, 1.165) is 22.2 Å². The summed E-state index contributed by atoms with van der Waals surface area (Å²) in [5, 5.41) is 11.4. The molecule has 0 aliphatic carbocycles. The number of hydrogen-bond donors (Lipinski definition) is 0. The van der Waals surface area contributed by atoms with Crippen molar-refractivity contribution < 1.29 is 19.4 Å². The highest BCUT2D eigenvalue weighted by molar-refractivity contribution is 8.26. The number of para-hydroxylation sites is 1. The maximum absolute atomic E-state index is 12.7. The van der Waals surface area contributed by atoms with E-state index in [1.165, 1.54) is 0 Å². The van der Waals surface area contributed by atoms with Crippen LogP contribution in [0.4, 0.5) is 0 Å². The van der Waals surface area contributed by atoms with Crippen LogP contribution in [0.2, 0.25) is 0 Å². The Morgan fingerprint density at radius 1 is 1.42 bits per heavy atom. The van der Waals surface area contributed by atoms with Crippen molar-refractivity contribution in [2.75, 3.05) is 6.61 Å². The lowest BCUT2D eigenvalue weighted by atomic mass is 10.0. The molecule has 0 unspecified atom stereocenters. The maximum Gasteiger partial charge on any atom is 0.266 e. The first-order valence-corrected chi connectivity index (χ1v) is 8.79. The van der Waals surface area contributed by atoms with Crippen LogP contribution >= 0.6 is 24.0 Å². The second-order valence-electron chi connectivity index (χ2n) is 5.53. The number of thiocarbonyl (C=S) groups is 1. The van der Waals surface area contributed by atoms with Crippen molar-refractivity contribution in [2.45, 2.75) is 26.8 Å². The van der Waals surface area contributed by atoms with E-state index >= 15 is 0 Å². The van der Waals surface area contributed by atoms with Crippen LogP contribution in [-0.2, 0) is 9.59 Å². The van der Waals surface area contributed by atoms with E-state index in [9.17, 15) is 14.7 Å². The number of amides is 1. The predicted octanol–water partition coefficient (Wildman–Crippen LogP) is 2.06. The zero-order valence-electron chi connectivity index (χ0n) is 13.6. The molecule has 0 aromatic heterocycles. The third-order valence-corrected chi connectivity index (χ3v) is 4.81. The summed E-state index contributed by atoms with van der Waals surface area (Å²) in [4.78, 5) is 25.6. The zero-order valence-corrected chi connectivity index (χ0v) is 15.3. The Morgan fingerprint density at radius 3 is 2.67 bits per heavy atom. The first kappa shape index (κ1) is 18.5. The third kappa shape index (κ3) is 3.79. The summed E-state index contributed by atoms with van der Waals surface area (Å²) in [6.45, 7) is 5.81. The van der Waals surface area contributed by atoms with Gasteiger partial charge >= 0.3 is 0 Å². The summed E-state index contributed by atoms with van der Waals surface area (Å²) in [6.07, 6.45) is 1.68. The molecule has 2 rings (SSSR count). The summed E-state index contributed by atoms with van der Waals surface area (Å²) in [7, 11) is 0. The Bertz CT molecular complexity index is 700. The largest absolute Gasteiger partial charge is 0.548 e. The molecule has 128 valence electrons. The molecule has 1 atom stereocenters. The van der Waals surface area contributed by atoms with Gasteiger partial charge in [-0.25, -0.2) is 0 Å². The lowest BCUT2D eigenvalue weighted by Gasteiger charge is -2.30. The highest BCUT2D eigenvalue weighted by atomic mass is 32.2. The van der Waals surface area contributed by atoms with Gasteiger partial charge in [0.25, 0.3) is 5.91 Å². The number of carboxylic acids is 1. The van der Waals surface area contributed by atoms with Crippen molar-refractivity contribution in [1.29, 1.82) is 0 Å². The Morgan fingerprint density at radius 2 is 2.08 bits per heavy atom. The molecule has 1 fully saturated rings. The van der Waals surface area contributed by atoms with Gasteiger partial charge in [-0.2, -0.15) is 0 Å². The number of nitrogens with zero attached hydrogens (tertiary/aromatic N) is 1. The van der Waals surface area contributed by atoms with E-state index in [4.69, 9.17) is 17.0 Å². The predicted molar refractivity (Wildman–Crippen MR) is 96.3 cm³/mol. The molecule has 0 spiro atoms. The number of hydrogen-bond acceptors (Lipinski definition) is 6. The minimum atomic E-state index is -1.31. The van der Waals surface area contributed by atoms with Gasteiger partial charge in [0.05, 0.1) is 23.5 Å². The fourth-order valence-corrected chi connectivity index (χ4v) is 3.74. The van der Waals surface area contributed by atoms with Gasteiger partial charge in [0.1, 0.15) is 10.1 Å². The van der Waals surface area contributed by atoms with Gasteiger partial charge in [-0.3, -0.25) is 9.69 Å². The van der Waals surface area contributed by atoms with Gasteiger partial charge in [0, 0.05) is 5.56 Å². The van der Waals surface area contributed by atoms with Crippen molar-refractivity contribution in [3.05, 3.63) is 34.7 Å². The number of rotatable bonds is 6. The quantitative estimate of drug-likeness (QED) is 0.568. The topological polar surface area (TPSA) is 69.7 Å². The summed E-state index contributed by atoms with van der Waals surface area (Å²) in [5.41, 5.74) is 0.745. The normalized spacial score (nSPS) is 17.7. The van der Waals surface area contributed by atoms with Gasteiger partial charge in [0.2, 0.25) is 0 Å². The number of carbonyl (C=O) groups is 2. The smallest absolute Gasteiger partial charge is 0.266 e. The first-order chi connectivity index (χ1) is 11.4. The zero-order chi connectivity index (χ0) is 17.9. The second kappa shape index (κ2) is 7.81. The molecule has 1 aromatic rings.